The molecule has 2 aromatic rings. The largest absolute Gasteiger partial charge is 0.480 e. The molecule has 0 aliphatic carbocycles. The fourth-order valence-corrected chi connectivity index (χ4v) is 2.23. The molecule has 1 amide bonds. The second kappa shape index (κ2) is 6.26. The van der Waals surface area contributed by atoms with Crippen LogP contribution in [0.3, 0.4) is 0 Å². The lowest BCUT2D eigenvalue weighted by molar-refractivity contribution is -0.138. The predicted molar refractivity (Wildman–Crippen MR) is 69.7 cm³/mol. The number of carboxylic acid groups (broad SMARTS) is 1. The minimum atomic E-state index is -1.07. The van der Waals surface area contributed by atoms with Gasteiger partial charge in [0.25, 0.3) is 5.89 Å². The molecule has 8 nitrogen and oxygen atoms in total. The number of carboxylic acids is 1. The topological polar surface area (TPSA) is 123 Å². The summed E-state index contributed by atoms with van der Waals surface area (Å²) in [4.78, 5) is 23.7. The summed E-state index contributed by atoms with van der Waals surface area (Å²) in [5.41, 5.74) is 5.07. The second-order valence-electron chi connectivity index (χ2n) is 3.98. The third kappa shape index (κ3) is 3.87. The number of thiophene rings is 1. The molecule has 0 unspecified atom stereocenters. The molecule has 3 N–H and O–H groups in total. The third-order valence-electron chi connectivity index (χ3n) is 2.30. The zero-order valence-electron chi connectivity index (χ0n) is 10.4. The maximum Gasteiger partial charge on any atom is 0.317 e. The molecule has 106 valence electrons. The van der Waals surface area contributed by atoms with Crippen LogP contribution in [0, 0.1) is 0 Å². The Balaban J connectivity index is 2.06. The molecule has 0 aliphatic rings. The minimum Gasteiger partial charge on any atom is -0.480 e. The number of amides is 1. The van der Waals surface area contributed by atoms with Gasteiger partial charge in [0.15, 0.2) is 0 Å². The van der Waals surface area contributed by atoms with Crippen molar-refractivity contribution in [3.05, 3.63) is 23.4 Å². The Kier molecular flexibility index (Phi) is 4.43. The highest BCUT2D eigenvalue weighted by molar-refractivity contribution is 7.13. The normalized spacial score (nSPS) is 10.8. The standard InChI is InChI=1S/C11H12N4O4S/c12-8(16)4-15(6-10(17)18)5-9-13-14-11(19-9)7-2-1-3-20-7/h1-3H,4-6H2,(H2,12,16)(H,17,18). The van der Waals surface area contributed by atoms with E-state index in [1.54, 1.807) is 0 Å². The first-order chi connectivity index (χ1) is 9.54. The van der Waals surface area contributed by atoms with Crippen LogP contribution in [0.2, 0.25) is 0 Å². The first-order valence-electron chi connectivity index (χ1n) is 5.63. The highest BCUT2D eigenvalue weighted by Crippen LogP contribution is 2.23. The molecule has 2 rings (SSSR count). The number of primary amides is 1. The van der Waals surface area contributed by atoms with E-state index in [1.807, 2.05) is 17.5 Å². The van der Waals surface area contributed by atoms with Crippen molar-refractivity contribution in [1.29, 1.82) is 0 Å². The smallest absolute Gasteiger partial charge is 0.317 e. The number of hydrogen-bond acceptors (Lipinski definition) is 7. The van der Waals surface area contributed by atoms with Crippen LogP contribution in [0.15, 0.2) is 21.9 Å². The monoisotopic (exact) mass is 296 g/mol. The Labute approximate surface area is 117 Å². The molecule has 0 fully saturated rings. The molecule has 0 aliphatic heterocycles. The Morgan fingerprint density at radius 2 is 2.20 bits per heavy atom. The lowest BCUT2D eigenvalue weighted by Gasteiger charge is -2.15. The van der Waals surface area contributed by atoms with Crippen LogP contribution >= 0.6 is 11.3 Å². The lowest BCUT2D eigenvalue weighted by atomic mass is 10.4. The number of aromatic nitrogens is 2. The van der Waals surface area contributed by atoms with E-state index in [0.29, 0.717) is 5.89 Å². The zero-order chi connectivity index (χ0) is 14.5. The highest BCUT2D eigenvalue weighted by atomic mass is 32.1. The van der Waals surface area contributed by atoms with Gasteiger partial charge < -0.3 is 15.3 Å². The summed E-state index contributed by atoms with van der Waals surface area (Å²) < 4.78 is 5.42. The minimum absolute atomic E-state index is 0.0492. The van der Waals surface area contributed by atoms with E-state index in [9.17, 15) is 9.59 Å². The molecule has 0 bridgehead atoms. The van der Waals surface area contributed by atoms with Gasteiger partial charge in [0.05, 0.1) is 24.5 Å². The molecular formula is C11H12N4O4S. The second-order valence-corrected chi connectivity index (χ2v) is 4.93. The summed E-state index contributed by atoms with van der Waals surface area (Å²) in [6.07, 6.45) is 0. The van der Waals surface area contributed by atoms with Crippen molar-refractivity contribution in [1.82, 2.24) is 15.1 Å². The molecular weight excluding hydrogens is 284 g/mol. The average Bonchev–Trinajstić information content (AvgIpc) is 2.95. The number of carbonyl (C=O) groups is 2. The van der Waals surface area contributed by atoms with Crippen LogP contribution in [-0.4, -0.2) is 45.2 Å². The first kappa shape index (κ1) is 14.2. The maximum atomic E-state index is 10.9. The number of rotatable bonds is 7. The predicted octanol–water partition coefficient (Wildman–Crippen LogP) is 0.170. The molecule has 0 spiro atoms. The van der Waals surface area contributed by atoms with Crippen molar-refractivity contribution >= 4 is 23.2 Å². The molecule has 2 heterocycles. The zero-order valence-corrected chi connectivity index (χ0v) is 11.2. The van der Waals surface area contributed by atoms with Crippen molar-refractivity contribution in [3.8, 4) is 10.8 Å². The Hall–Kier alpha value is -2.26. The Morgan fingerprint density at radius 3 is 2.80 bits per heavy atom. The van der Waals surface area contributed by atoms with E-state index in [-0.39, 0.29) is 25.5 Å². The van der Waals surface area contributed by atoms with Gasteiger partial charge in [-0.15, -0.1) is 21.5 Å². The molecule has 2 aromatic heterocycles. The summed E-state index contributed by atoms with van der Waals surface area (Å²) in [6.45, 7) is -0.476. The maximum absolute atomic E-state index is 10.9. The molecule has 20 heavy (non-hydrogen) atoms. The van der Waals surface area contributed by atoms with Crippen LogP contribution < -0.4 is 5.73 Å². The van der Waals surface area contributed by atoms with Crippen molar-refractivity contribution in [2.24, 2.45) is 5.73 Å². The van der Waals surface area contributed by atoms with E-state index in [2.05, 4.69) is 10.2 Å². The number of nitrogens with two attached hydrogens (primary N) is 1. The molecule has 9 heteroatoms. The van der Waals surface area contributed by atoms with Gasteiger partial charge in [-0.05, 0) is 11.4 Å². The van der Waals surface area contributed by atoms with Crippen LogP contribution in [0.1, 0.15) is 5.89 Å². The van der Waals surface area contributed by atoms with Crippen LogP contribution in [0.25, 0.3) is 10.8 Å². The molecule has 0 atom stereocenters. The number of aliphatic carboxylic acids is 1. The van der Waals surface area contributed by atoms with E-state index in [4.69, 9.17) is 15.3 Å². The third-order valence-corrected chi connectivity index (χ3v) is 3.15. The number of carbonyl (C=O) groups excluding carboxylic acids is 1. The number of nitrogens with zero attached hydrogens (tertiary/aromatic N) is 3. The summed E-state index contributed by atoms with van der Waals surface area (Å²) in [5, 5.41) is 18.4. The van der Waals surface area contributed by atoms with Crippen LogP contribution in [0.5, 0.6) is 0 Å². The molecule has 0 aromatic carbocycles. The van der Waals surface area contributed by atoms with Gasteiger partial charge in [-0.3, -0.25) is 14.5 Å². The van der Waals surface area contributed by atoms with Gasteiger partial charge >= 0.3 is 5.97 Å². The fraction of sp³-hybridized carbons (Fsp3) is 0.273. The average molecular weight is 296 g/mol. The van der Waals surface area contributed by atoms with Gasteiger partial charge in [-0.25, -0.2) is 0 Å². The van der Waals surface area contributed by atoms with E-state index in [0.717, 1.165) is 4.88 Å². The SMILES string of the molecule is NC(=O)CN(CC(=O)O)Cc1nnc(-c2cccs2)o1. The van der Waals surface area contributed by atoms with Crippen LogP contribution in [0.4, 0.5) is 0 Å². The van der Waals surface area contributed by atoms with Gasteiger partial charge in [0.1, 0.15) is 0 Å². The molecule has 0 saturated heterocycles. The van der Waals surface area contributed by atoms with Gasteiger partial charge in [-0.1, -0.05) is 6.07 Å². The quantitative estimate of drug-likeness (QED) is 0.746. The summed E-state index contributed by atoms with van der Waals surface area (Å²) in [5.74, 6) is -1.09. The van der Waals surface area contributed by atoms with E-state index >= 15 is 0 Å². The van der Waals surface area contributed by atoms with E-state index < -0.39 is 11.9 Å². The van der Waals surface area contributed by atoms with Crippen LogP contribution in [-0.2, 0) is 16.1 Å². The van der Waals surface area contributed by atoms with Gasteiger partial charge in [0, 0.05) is 0 Å². The highest BCUT2D eigenvalue weighted by Gasteiger charge is 2.17. The lowest BCUT2D eigenvalue weighted by Crippen LogP contribution is -2.36. The van der Waals surface area contributed by atoms with Crippen molar-refractivity contribution < 1.29 is 19.1 Å². The Morgan fingerprint density at radius 1 is 1.40 bits per heavy atom. The summed E-state index contributed by atoms with van der Waals surface area (Å²) in [7, 11) is 0. The van der Waals surface area contributed by atoms with Crippen molar-refractivity contribution in [2.45, 2.75) is 6.54 Å². The van der Waals surface area contributed by atoms with Crippen molar-refractivity contribution in [3.63, 3.8) is 0 Å². The summed E-state index contributed by atoms with van der Waals surface area (Å²) >= 11 is 1.45. The summed E-state index contributed by atoms with van der Waals surface area (Å²) in [6, 6.07) is 3.69. The van der Waals surface area contributed by atoms with E-state index in [1.165, 1.54) is 16.2 Å². The van der Waals surface area contributed by atoms with Gasteiger partial charge in [0.2, 0.25) is 11.8 Å². The number of hydrogen-bond donors (Lipinski definition) is 2. The molecule has 0 radical (unpaired) electrons. The molecule has 0 saturated carbocycles. The van der Waals surface area contributed by atoms with Gasteiger partial charge in [-0.2, -0.15) is 0 Å². The fourth-order valence-electron chi connectivity index (χ4n) is 1.59. The first-order valence-corrected chi connectivity index (χ1v) is 6.51. The van der Waals surface area contributed by atoms with Crippen molar-refractivity contribution in [2.75, 3.05) is 13.1 Å². The Bertz CT molecular complexity index is 579.